The molecule has 0 fully saturated rings. The van der Waals surface area contributed by atoms with Crippen molar-refractivity contribution in [2.45, 2.75) is 40.2 Å². The van der Waals surface area contributed by atoms with Gasteiger partial charge in [0, 0.05) is 37.3 Å². The molecule has 0 bridgehead atoms. The molecule has 0 amide bonds. The highest BCUT2D eigenvalue weighted by Gasteiger charge is 2.09. The van der Waals surface area contributed by atoms with E-state index in [4.69, 9.17) is 0 Å². The first kappa shape index (κ1) is 15.0. The van der Waals surface area contributed by atoms with Gasteiger partial charge in [0.1, 0.15) is 16.2 Å². The molecule has 5 nitrogen and oxygen atoms in total. The van der Waals surface area contributed by atoms with Crippen molar-refractivity contribution < 1.29 is 0 Å². The van der Waals surface area contributed by atoms with Crippen LogP contribution < -0.4 is 5.32 Å². The fourth-order valence-electron chi connectivity index (χ4n) is 2.14. The first-order valence-corrected chi connectivity index (χ1v) is 7.57. The van der Waals surface area contributed by atoms with Gasteiger partial charge in [-0.05, 0) is 36.2 Å². The molecule has 2 rings (SSSR count). The molecule has 2 aromatic heterocycles. The Morgan fingerprint density at radius 2 is 2.05 bits per heavy atom. The molecule has 6 heteroatoms. The number of aryl methyl sites for hydroxylation is 3. The Labute approximate surface area is 128 Å². The van der Waals surface area contributed by atoms with Gasteiger partial charge < -0.3 is 5.32 Å². The quantitative estimate of drug-likeness (QED) is 0.851. The van der Waals surface area contributed by atoms with Crippen LogP contribution in [0, 0.1) is 13.8 Å². The van der Waals surface area contributed by atoms with Crippen LogP contribution in [0.1, 0.15) is 36.1 Å². The van der Waals surface area contributed by atoms with Gasteiger partial charge in [-0.2, -0.15) is 5.10 Å². The second-order valence-electron chi connectivity index (χ2n) is 4.87. The summed E-state index contributed by atoms with van der Waals surface area (Å²) in [6.45, 7) is 6.96. The summed E-state index contributed by atoms with van der Waals surface area (Å²) in [7, 11) is 1.96. The summed E-state index contributed by atoms with van der Waals surface area (Å²) in [6.07, 6.45) is 1.93. The highest BCUT2D eigenvalue weighted by atomic mass is 79.9. The molecule has 0 saturated carbocycles. The zero-order valence-corrected chi connectivity index (χ0v) is 14.0. The molecule has 0 atom stereocenters. The summed E-state index contributed by atoms with van der Waals surface area (Å²) >= 11 is 3.43. The van der Waals surface area contributed by atoms with Crippen molar-refractivity contribution in [2.75, 3.05) is 5.32 Å². The van der Waals surface area contributed by atoms with Crippen LogP contribution in [0.5, 0.6) is 0 Å². The van der Waals surface area contributed by atoms with E-state index in [2.05, 4.69) is 50.2 Å². The van der Waals surface area contributed by atoms with Gasteiger partial charge in [-0.25, -0.2) is 9.97 Å². The molecule has 2 aromatic rings. The van der Waals surface area contributed by atoms with Crippen molar-refractivity contribution in [2.24, 2.45) is 7.05 Å². The zero-order chi connectivity index (χ0) is 14.7. The Morgan fingerprint density at radius 3 is 2.65 bits per heavy atom. The van der Waals surface area contributed by atoms with Gasteiger partial charge >= 0.3 is 0 Å². The smallest absolute Gasteiger partial charge is 0.132 e. The third-order valence-electron chi connectivity index (χ3n) is 3.32. The van der Waals surface area contributed by atoms with Crippen molar-refractivity contribution >= 4 is 21.7 Å². The highest BCUT2D eigenvalue weighted by Crippen LogP contribution is 2.17. The van der Waals surface area contributed by atoms with Gasteiger partial charge in [-0.15, -0.1) is 0 Å². The molecular weight excluding hydrogens is 318 g/mol. The van der Waals surface area contributed by atoms with Crippen molar-refractivity contribution in [1.82, 2.24) is 19.7 Å². The molecule has 108 valence electrons. The molecule has 0 aliphatic carbocycles. The minimum atomic E-state index is 0.723. The number of hydrogen-bond donors (Lipinski definition) is 1. The van der Waals surface area contributed by atoms with Crippen molar-refractivity contribution in [3.63, 3.8) is 0 Å². The largest absolute Gasteiger partial charge is 0.366 e. The molecular formula is C14H20BrN5. The summed E-state index contributed by atoms with van der Waals surface area (Å²) in [5.74, 6) is 1.71. The van der Waals surface area contributed by atoms with Crippen molar-refractivity contribution in [3.05, 3.63) is 33.4 Å². The first-order valence-electron chi connectivity index (χ1n) is 6.77. The lowest BCUT2D eigenvalue weighted by Crippen LogP contribution is -2.06. The molecule has 0 aromatic carbocycles. The van der Waals surface area contributed by atoms with Crippen LogP contribution in [0.2, 0.25) is 0 Å². The van der Waals surface area contributed by atoms with Gasteiger partial charge in [-0.3, -0.25) is 4.68 Å². The van der Waals surface area contributed by atoms with Gasteiger partial charge in [0.2, 0.25) is 0 Å². The average Bonchev–Trinajstić information content (AvgIpc) is 2.61. The van der Waals surface area contributed by atoms with Crippen LogP contribution in [0.4, 0.5) is 5.82 Å². The van der Waals surface area contributed by atoms with Crippen molar-refractivity contribution in [1.29, 1.82) is 0 Å². The zero-order valence-electron chi connectivity index (χ0n) is 12.4. The molecule has 0 spiro atoms. The molecule has 2 heterocycles. The van der Waals surface area contributed by atoms with E-state index in [1.165, 1.54) is 11.3 Å². The van der Waals surface area contributed by atoms with E-state index in [0.717, 1.165) is 41.3 Å². The predicted octanol–water partition coefficient (Wildman–Crippen LogP) is 3.15. The van der Waals surface area contributed by atoms with E-state index in [-0.39, 0.29) is 0 Å². The fraction of sp³-hybridized carbons (Fsp3) is 0.500. The van der Waals surface area contributed by atoms with E-state index in [9.17, 15) is 0 Å². The summed E-state index contributed by atoms with van der Waals surface area (Å²) in [5, 5.41) is 7.78. The topological polar surface area (TPSA) is 55.6 Å². The number of nitrogens with one attached hydrogen (secondary N) is 1. The second kappa shape index (κ2) is 6.35. The number of nitrogens with zero attached hydrogens (tertiary/aromatic N) is 4. The number of hydrogen-bond acceptors (Lipinski definition) is 4. The van der Waals surface area contributed by atoms with Crippen LogP contribution in [0.15, 0.2) is 10.7 Å². The van der Waals surface area contributed by atoms with E-state index >= 15 is 0 Å². The Bertz CT molecular complexity index is 606. The van der Waals surface area contributed by atoms with E-state index in [1.807, 2.05) is 24.7 Å². The van der Waals surface area contributed by atoms with Gasteiger partial charge in [0.05, 0.1) is 5.69 Å². The van der Waals surface area contributed by atoms with Gasteiger partial charge in [0.15, 0.2) is 0 Å². The molecule has 0 radical (unpaired) electrons. The number of halogens is 1. The SMILES string of the molecule is CCCc1nc(Br)cc(NCc2c(C)nn(C)c2C)n1. The number of aromatic nitrogens is 4. The maximum absolute atomic E-state index is 4.53. The normalized spacial score (nSPS) is 10.8. The van der Waals surface area contributed by atoms with Crippen molar-refractivity contribution in [3.8, 4) is 0 Å². The fourth-order valence-corrected chi connectivity index (χ4v) is 2.56. The minimum Gasteiger partial charge on any atom is -0.366 e. The Balaban J connectivity index is 2.14. The summed E-state index contributed by atoms with van der Waals surface area (Å²) in [6, 6.07) is 1.90. The maximum Gasteiger partial charge on any atom is 0.132 e. The lowest BCUT2D eigenvalue weighted by molar-refractivity contribution is 0.730. The van der Waals surface area contributed by atoms with Gasteiger partial charge in [-0.1, -0.05) is 6.92 Å². The highest BCUT2D eigenvalue weighted by molar-refractivity contribution is 9.10. The Kier molecular flexibility index (Phi) is 4.75. The van der Waals surface area contributed by atoms with Gasteiger partial charge in [0.25, 0.3) is 0 Å². The number of rotatable bonds is 5. The third kappa shape index (κ3) is 3.36. The molecule has 1 N–H and O–H groups in total. The van der Waals surface area contributed by atoms with Crippen LogP contribution in [-0.4, -0.2) is 19.7 Å². The molecule has 20 heavy (non-hydrogen) atoms. The van der Waals surface area contributed by atoms with E-state index in [0.29, 0.717) is 0 Å². The molecule has 0 unspecified atom stereocenters. The third-order valence-corrected chi connectivity index (χ3v) is 3.73. The monoisotopic (exact) mass is 337 g/mol. The Morgan fingerprint density at radius 1 is 1.30 bits per heavy atom. The molecule has 0 aliphatic rings. The van der Waals surface area contributed by atoms with E-state index < -0.39 is 0 Å². The Hall–Kier alpha value is -1.43. The second-order valence-corrected chi connectivity index (χ2v) is 5.68. The molecule has 0 saturated heterocycles. The van der Waals surface area contributed by atoms with Crippen LogP contribution in [-0.2, 0) is 20.0 Å². The maximum atomic E-state index is 4.53. The standard InChI is InChI=1S/C14H20BrN5/c1-5-6-13-17-12(15)7-14(18-13)16-8-11-9(2)19-20(4)10(11)3/h7H,5-6,8H2,1-4H3,(H,16,17,18). The lowest BCUT2D eigenvalue weighted by Gasteiger charge is -2.08. The lowest BCUT2D eigenvalue weighted by atomic mass is 10.2. The molecule has 0 aliphatic heterocycles. The van der Waals surface area contributed by atoms with E-state index in [1.54, 1.807) is 0 Å². The van der Waals surface area contributed by atoms with Crippen LogP contribution >= 0.6 is 15.9 Å². The summed E-state index contributed by atoms with van der Waals surface area (Å²) in [5.41, 5.74) is 3.45. The van der Waals surface area contributed by atoms with Crippen LogP contribution in [0.25, 0.3) is 0 Å². The first-order chi connectivity index (χ1) is 9.51. The summed E-state index contributed by atoms with van der Waals surface area (Å²) < 4.78 is 2.73. The minimum absolute atomic E-state index is 0.723. The summed E-state index contributed by atoms with van der Waals surface area (Å²) in [4.78, 5) is 8.89. The average molecular weight is 338 g/mol. The van der Waals surface area contributed by atoms with Crippen LogP contribution in [0.3, 0.4) is 0 Å². The number of anilines is 1. The predicted molar refractivity (Wildman–Crippen MR) is 83.7 cm³/mol.